The highest BCUT2D eigenvalue weighted by Crippen LogP contribution is 2.35. The average Bonchev–Trinajstić information content (AvgIpc) is 3.39. The lowest BCUT2D eigenvalue weighted by molar-refractivity contribution is 0.0691. The van der Waals surface area contributed by atoms with E-state index in [1.807, 2.05) is 44.2 Å². The number of nitrogens with zero attached hydrogens (tertiary/aromatic N) is 3. The van der Waals surface area contributed by atoms with Gasteiger partial charge in [0.25, 0.3) is 0 Å². The summed E-state index contributed by atoms with van der Waals surface area (Å²) in [5.74, 6) is -1.00. The van der Waals surface area contributed by atoms with Crippen molar-refractivity contribution in [3.8, 4) is 16.4 Å². The van der Waals surface area contributed by atoms with Crippen LogP contribution in [0.25, 0.3) is 16.4 Å². The van der Waals surface area contributed by atoms with Gasteiger partial charge in [-0.1, -0.05) is 56.3 Å². The van der Waals surface area contributed by atoms with E-state index in [4.69, 9.17) is 10.2 Å². The standard InChI is InChI=1S/C23H22N4O4S2/c1-14(2)20-18(12-15-8-10-17(11-9-15)33(24,30)31)21(16-6-4-3-5-7-16)27(26-20)23-25-19(13-32-23)22(28)29/h3-11,13-14H,12H2,1-2H3,(H,28,29)(H2,24,30,31). The number of carboxylic acid groups (broad SMARTS) is 1. The number of nitrogens with two attached hydrogens (primary N) is 1. The van der Waals surface area contributed by atoms with Gasteiger partial charge in [0.1, 0.15) is 0 Å². The number of primary sulfonamides is 1. The smallest absolute Gasteiger partial charge is 0.355 e. The molecule has 4 aromatic rings. The van der Waals surface area contributed by atoms with E-state index in [1.54, 1.807) is 16.8 Å². The molecule has 2 aromatic heterocycles. The number of aromatic nitrogens is 3. The molecule has 0 fully saturated rings. The van der Waals surface area contributed by atoms with Crippen LogP contribution in [0.15, 0.2) is 64.9 Å². The fourth-order valence-electron chi connectivity index (χ4n) is 3.60. The van der Waals surface area contributed by atoms with Crippen molar-refractivity contribution in [2.75, 3.05) is 0 Å². The van der Waals surface area contributed by atoms with Crippen LogP contribution in [0.5, 0.6) is 0 Å². The summed E-state index contributed by atoms with van der Waals surface area (Å²) in [6.45, 7) is 4.08. The molecular weight excluding hydrogens is 460 g/mol. The second-order valence-electron chi connectivity index (χ2n) is 7.83. The predicted molar refractivity (Wildman–Crippen MR) is 126 cm³/mol. The molecule has 0 amide bonds. The lowest BCUT2D eigenvalue weighted by Crippen LogP contribution is -2.11. The monoisotopic (exact) mass is 482 g/mol. The van der Waals surface area contributed by atoms with Crippen LogP contribution in [0.1, 0.15) is 47.1 Å². The third-order valence-electron chi connectivity index (χ3n) is 5.13. The molecule has 0 saturated heterocycles. The van der Waals surface area contributed by atoms with E-state index in [-0.39, 0.29) is 16.5 Å². The van der Waals surface area contributed by atoms with Crippen molar-refractivity contribution in [3.05, 3.63) is 82.5 Å². The third-order valence-corrected chi connectivity index (χ3v) is 6.88. The van der Waals surface area contributed by atoms with Gasteiger partial charge >= 0.3 is 5.97 Å². The quantitative estimate of drug-likeness (QED) is 0.409. The van der Waals surface area contributed by atoms with Gasteiger partial charge in [0.15, 0.2) is 5.69 Å². The molecule has 0 unspecified atom stereocenters. The Hall–Kier alpha value is -3.34. The van der Waals surface area contributed by atoms with Crippen molar-refractivity contribution >= 4 is 27.3 Å². The van der Waals surface area contributed by atoms with Crippen LogP contribution in [0.3, 0.4) is 0 Å². The number of sulfonamides is 1. The van der Waals surface area contributed by atoms with Crippen molar-refractivity contribution in [2.45, 2.75) is 31.1 Å². The summed E-state index contributed by atoms with van der Waals surface area (Å²) in [5.41, 5.74) is 4.42. The van der Waals surface area contributed by atoms with Crippen LogP contribution in [-0.2, 0) is 16.4 Å². The minimum atomic E-state index is -3.77. The van der Waals surface area contributed by atoms with Gasteiger partial charge in [-0.05, 0) is 23.6 Å². The van der Waals surface area contributed by atoms with Gasteiger partial charge in [-0.25, -0.2) is 28.0 Å². The fourth-order valence-corrected chi connectivity index (χ4v) is 4.87. The zero-order valence-electron chi connectivity index (χ0n) is 18.0. The van der Waals surface area contributed by atoms with E-state index in [9.17, 15) is 18.3 Å². The summed E-state index contributed by atoms with van der Waals surface area (Å²) >= 11 is 1.21. The van der Waals surface area contributed by atoms with Gasteiger partial charge in [-0.2, -0.15) is 5.10 Å². The maximum absolute atomic E-state index is 11.6. The first kappa shape index (κ1) is 22.8. The summed E-state index contributed by atoms with van der Waals surface area (Å²) in [4.78, 5) is 15.7. The van der Waals surface area contributed by atoms with Crippen molar-refractivity contribution in [1.82, 2.24) is 14.8 Å². The van der Waals surface area contributed by atoms with Gasteiger partial charge in [-0.3, -0.25) is 0 Å². The molecule has 0 aliphatic rings. The molecule has 2 heterocycles. The first-order valence-corrected chi connectivity index (χ1v) is 12.6. The summed E-state index contributed by atoms with van der Waals surface area (Å²) in [5, 5.41) is 21.3. The van der Waals surface area contributed by atoms with E-state index in [0.29, 0.717) is 11.6 Å². The van der Waals surface area contributed by atoms with Gasteiger partial charge in [-0.15, -0.1) is 11.3 Å². The number of carboxylic acids is 1. The van der Waals surface area contributed by atoms with E-state index in [1.165, 1.54) is 28.8 Å². The SMILES string of the molecule is CC(C)c1nn(-c2nc(C(=O)O)cs2)c(-c2ccccc2)c1Cc1ccc(S(N)(=O)=O)cc1. The number of aromatic carboxylic acids is 1. The predicted octanol–water partition coefficient (Wildman–Crippen LogP) is 4.06. The van der Waals surface area contributed by atoms with Crippen LogP contribution in [0.4, 0.5) is 0 Å². The van der Waals surface area contributed by atoms with Crippen molar-refractivity contribution in [3.63, 3.8) is 0 Å². The molecule has 0 bridgehead atoms. The Kier molecular flexibility index (Phi) is 6.15. The summed E-state index contributed by atoms with van der Waals surface area (Å²) in [6.07, 6.45) is 0.500. The highest BCUT2D eigenvalue weighted by molar-refractivity contribution is 7.89. The van der Waals surface area contributed by atoms with Gasteiger partial charge < -0.3 is 5.11 Å². The number of rotatable bonds is 7. The second kappa shape index (κ2) is 8.89. The van der Waals surface area contributed by atoms with Crippen LogP contribution in [0, 0.1) is 0 Å². The molecule has 0 radical (unpaired) electrons. The summed E-state index contributed by atoms with van der Waals surface area (Å²) in [7, 11) is -3.77. The lowest BCUT2D eigenvalue weighted by atomic mass is 9.95. The van der Waals surface area contributed by atoms with Gasteiger partial charge in [0.05, 0.1) is 16.3 Å². The molecule has 0 aliphatic carbocycles. The van der Waals surface area contributed by atoms with E-state index in [0.717, 1.165) is 28.1 Å². The fraction of sp³-hybridized carbons (Fsp3) is 0.174. The number of carbonyl (C=O) groups is 1. The largest absolute Gasteiger partial charge is 0.476 e. The normalized spacial score (nSPS) is 11.8. The number of thiazole rings is 1. The highest BCUT2D eigenvalue weighted by atomic mass is 32.2. The number of benzene rings is 2. The topological polar surface area (TPSA) is 128 Å². The highest BCUT2D eigenvalue weighted by Gasteiger charge is 2.24. The lowest BCUT2D eigenvalue weighted by Gasteiger charge is -2.10. The Labute approximate surface area is 195 Å². The van der Waals surface area contributed by atoms with Gasteiger partial charge in [0.2, 0.25) is 15.2 Å². The van der Waals surface area contributed by atoms with Crippen LogP contribution < -0.4 is 5.14 Å². The molecular formula is C23H22N4O4S2. The Bertz CT molecular complexity index is 1410. The number of hydrogen-bond donors (Lipinski definition) is 2. The Balaban J connectivity index is 1.89. The Morgan fingerprint density at radius 2 is 1.79 bits per heavy atom. The first-order chi connectivity index (χ1) is 15.6. The molecule has 10 heteroatoms. The molecule has 8 nitrogen and oxygen atoms in total. The zero-order chi connectivity index (χ0) is 23.8. The van der Waals surface area contributed by atoms with Crippen LogP contribution in [0.2, 0.25) is 0 Å². The maximum atomic E-state index is 11.6. The molecule has 2 aromatic carbocycles. The molecule has 0 saturated carbocycles. The van der Waals surface area contributed by atoms with E-state index >= 15 is 0 Å². The molecule has 33 heavy (non-hydrogen) atoms. The summed E-state index contributed by atoms with van der Waals surface area (Å²) < 4.78 is 24.9. The van der Waals surface area contributed by atoms with E-state index in [2.05, 4.69) is 4.98 Å². The van der Waals surface area contributed by atoms with Crippen LogP contribution in [-0.4, -0.2) is 34.3 Å². The van der Waals surface area contributed by atoms with Crippen LogP contribution >= 0.6 is 11.3 Å². The third kappa shape index (κ3) is 4.72. The van der Waals surface area contributed by atoms with Gasteiger partial charge in [0, 0.05) is 22.9 Å². The molecule has 0 aliphatic heterocycles. The Morgan fingerprint density at radius 3 is 2.33 bits per heavy atom. The minimum absolute atomic E-state index is 0.0317. The van der Waals surface area contributed by atoms with Crippen molar-refractivity contribution < 1.29 is 18.3 Å². The van der Waals surface area contributed by atoms with E-state index < -0.39 is 16.0 Å². The maximum Gasteiger partial charge on any atom is 0.355 e. The first-order valence-electron chi connectivity index (χ1n) is 10.1. The summed E-state index contributed by atoms with van der Waals surface area (Å²) in [6, 6.07) is 16.2. The molecule has 0 spiro atoms. The Morgan fingerprint density at radius 1 is 1.12 bits per heavy atom. The second-order valence-corrected chi connectivity index (χ2v) is 10.2. The average molecular weight is 483 g/mol. The van der Waals surface area contributed by atoms with Crippen molar-refractivity contribution in [1.29, 1.82) is 0 Å². The molecule has 3 N–H and O–H groups in total. The molecule has 4 rings (SSSR count). The number of hydrogen-bond acceptors (Lipinski definition) is 6. The zero-order valence-corrected chi connectivity index (χ0v) is 19.6. The molecule has 170 valence electrons. The minimum Gasteiger partial charge on any atom is -0.476 e. The van der Waals surface area contributed by atoms with Crippen molar-refractivity contribution in [2.24, 2.45) is 5.14 Å². The molecule has 0 atom stereocenters.